The Morgan fingerprint density at radius 1 is 0.848 bits per heavy atom. The predicted octanol–water partition coefficient (Wildman–Crippen LogP) is 3.19. The number of hydrogen-bond acceptors (Lipinski definition) is 4. The van der Waals surface area contributed by atoms with Crippen LogP contribution in [0.5, 0.6) is 5.75 Å². The van der Waals surface area contributed by atoms with Crippen LogP contribution in [0.2, 0.25) is 0 Å². The van der Waals surface area contributed by atoms with Crippen molar-refractivity contribution in [1.29, 1.82) is 0 Å². The molecule has 0 heterocycles. The lowest BCUT2D eigenvalue weighted by Gasteiger charge is -2.33. The van der Waals surface area contributed by atoms with E-state index in [1.807, 2.05) is 72.8 Å². The number of carbonyl (C=O) groups excluding carboxylic acids is 2. The first kappa shape index (κ1) is 24.0. The van der Waals surface area contributed by atoms with E-state index in [1.54, 1.807) is 17.0 Å². The van der Waals surface area contributed by atoms with Gasteiger partial charge in [0.25, 0.3) is 0 Å². The van der Waals surface area contributed by atoms with E-state index in [4.69, 9.17) is 11.5 Å². The van der Waals surface area contributed by atoms with Crippen molar-refractivity contribution in [3.05, 3.63) is 102 Å². The minimum absolute atomic E-state index is 0.174. The maximum atomic E-state index is 14.1. The van der Waals surface area contributed by atoms with Gasteiger partial charge in [-0.2, -0.15) is 0 Å². The van der Waals surface area contributed by atoms with Crippen molar-refractivity contribution in [2.45, 2.75) is 31.2 Å². The molecule has 3 aromatic rings. The molecular weight excluding hydrogens is 414 g/mol. The number of hydrogen-bond donors (Lipinski definition) is 3. The fourth-order valence-corrected chi connectivity index (χ4v) is 4.03. The van der Waals surface area contributed by atoms with Crippen molar-refractivity contribution >= 4 is 11.8 Å². The molecule has 3 rings (SSSR count). The molecule has 0 radical (unpaired) electrons. The van der Waals surface area contributed by atoms with Gasteiger partial charge in [-0.05, 0) is 54.6 Å². The number of aromatic hydroxyl groups is 1. The summed E-state index contributed by atoms with van der Waals surface area (Å²) in [7, 11) is 0. The van der Waals surface area contributed by atoms with Crippen molar-refractivity contribution in [2.75, 3.05) is 13.1 Å². The van der Waals surface area contributed by atoms with E-state index in [9.17, 15) is 14.7 Å². The molecule has 0 aliphatic heterocycles. The van der Waals surface area contributed by atoms with E-state index in [0.29, 0.717) is 32.4 Å². The molecule has 172 valence electrons. The first-order valence-corrected chi connectivity index (χ1v) is 11.2. The molecule has 5 N–H and O–H groups in total. The third-order valence-corrected chi connectivity index (χ3v) is 5.76. The first-order valence-electron chi connectivity index (χ1n) is 11.2. The van der Waals surface area contributed by atoms with Gasteiger partial charge in [0.1, 0.15) is 11.8 Å². The number of nitrogens with zero attached hydrogens (tertiary/aromatic N) is 1. The van der Waals surface area contributed by atoms with Crippen LogP contribution in [-0.4, -0.2) is 41.0 Å². The van der Waals surface area contributed by atoms with E-state index in [0.717, 1.165) is 16.7 Å². The molecule has 0 aliphatic carbocycles. The number of rotatable bonds is 11. The number of benzene rings is 3. The normalized spacial score (nSPS) is 11.8. The summed E-state index contributed by atoms with van der Waals surface area (Å²) >= 11 is 0. The van der Waals surface area contributed by atoms with E-state index < -0.39 is 17.9 Å². The summed E-state index contributed by atoms with van der Waals surface area (Å²) < 4.78 is 0. The Morgan fingerprint density at radius 2 is 1.39 bits per heavy atom. The maximum Gasteiger partial charge on any atom is 0.240 e. The second kappa shape index (κ2) is 11.8. The molecule has 0 spiro atoms. The predicted molar refractivity (Wildman–Crippen MR) is 130 cm³/mol. The second-order valence-electron chi connectivity index (χ2n) is 8.05. The van der Waals surface area contributed by atoms with Crippen molar-refractivity contribution < 1.29 is 14.7 Å². The molecule has 33 heavy (non-hydrogen) atoms. The molecule has 0 saturated carbocycles. The average molecular weight is 446 g/mol. The molecule has 6 heteroatoms. The molecule has 0 unspecified atom stereocenters. The number of nitrogens with two attached hydrogens (primary N) is 2. The van der Waals surface area contributed by atoms with Gasteiger partial charge in [-0.15, -0.1) is 0 Å². The van der Waals surface area contributed by atoms with E-state index in [-0.39, 0.29) is 11.7 Å². The van der Waals surface area contributed by atoms with E-state index >= 15 is 0 Å². The van der Waals surface area contributed by atoms with Crippen molar-refractivity contribution in [3.63, 3.8) is 0 Å². The van der Waals surface area contributed by atoms with Crippen LogP contribution in [0.1, 0.15) is 35.4 Å². The van der Waals surface area contributed by atoms with Crippen molar-refractivity contribution in [1.82, 2.24) is 4.90 Å². The van der Waals surface area contributed by atoms with Gasteiger partial charge in [0, 0.05) is 6.54 Å². The van der Waals surface area contributed by atoms with Gasteiger partial charge < -0.3 is 21.5 Å². The van der Waals surface area contributed by atoms with Gasteiger partial charge in [-0.1, -0.05) is 72.8 Å². The average Bonchev–Trinajstić information content (AvgIpc) is 2.83. The molecular formula is C27H31N3O3. The van der Waals surface area contributed by atoms with Gasteiger partial charge in [-0.3, -0.25) is 9.59 Å². The Labute approximate surface area is 194 Å². The van der Waals surface area contributed by atoms with Crippen molar-refractivity contribution in [2.24, 2.45) is 11.5 Å². The lowest BCUT2D eigenvalue weighted by molar-refractivity contribution is -0.140. The topological polar surface area (TPSA) is 110 Å². The molecule has 0 fully saturated rings. The molecule has 6 nitrogen and oxygen atoms in total. The fraction of sp³-hybridized carbons (Fsp3) is 0.259. The van der Waals surface area contributed by atoms with Gasteiger partial charge in [-0.25, -0.2) is 0 Å². The zero-order chi connectivity index (χ0) is 23.6. The van der Waals surface area contributed by atoms with Crippen LogP contribution in [0, 0.1) is 0 Å². The lowest BCUT2D eigenvalue weighted by atomic mass is 9.89. The Bertz CT molecular complexity index is 984. The number of amides is 2. The smallest absolute Gasteiger partial charge is 0.240 e. The van der Waals surface area contributed by atoms with Crippen LogP contribution in [-0.2, 0) is 16.0 Å². The summed E-state index contributed by atoms with van der Waals surface area (Å²) in [5.41, 5.74) is 14.1. The number of primary amides is 1. The lowest BCUT2D eigenvalue weighted by Crippen LogP contribution is -2.50. The van der Waals surface area contributed by atoms with Crippen LogP contribution in [0.4, 0.5) is 0 Å². The molecule has 2 amide bonds. The standard InChI is InChI=1S/C27H31N3O3/c28-18-7-12-24(26(29)32)30(19-17-20-13-15-23(31)16-14-20)27(33)25(21-8-3-1-4-9-21)22-10-5-2-6-11-22/h1-6,8-11,13-16,24-25,31H,7,12,17-19,28H2,(H2,29,32)/t24-/m1/s1. The van der Waals surface area contributed by atoms with Crippen LogP contribution >= 0.6 is 0 Å². The summed E-state index contributed by atoms with van der Waals surface area (Å²) in [5.74, 6) is -1.10. The van der Waals surface area contributed by atoms with Crippen LogP contribution in [0.15, 0.2) is 84.9 Å². The summed E-state index contributed by atoms with van der Waals surface area (Å²) in [4.78, 5) is 28.1. The quantitative estimate of drug-likeness (QED) is 0.421. The van der Waals surface area contributed by atoms with Gasteiger partial charge in [0.15, 0.2) is 0 Å². The van der Waals surface area contributed by atoms with Crippen LogP contribution in [0.25, 0.3) is 0 Å². The third kappa shape index (κ3) is 6.43. The van der Waals surface area contributed by atoms with Crippen molar-refractivity contribution in [3.8, 4) is 5.75 Å². The highest BCUT2D eigenvalue weighted by atomic mass is 16.3. The molecule has 0 aromatic heterocycles. The van der Waals surface area contributed by atoms with Crippen LogP contribution < -0.4 is 11.5 Å². The number of phenolic OH excluding ortho intramolecular Hbond substituents is 1. The molecule has 1 atom stereocenters. The third-order valence-electron chi connectivity index (χ3n) is 5.76. The minimum atomic E-state index is -0.756. The molecule has 3 aromatic carbocycles. The zero-order valence-electron chi connectivity index (χ0n) is 18.6. The zero-order valence-corrected chi connectivity index (χ0v) is 18.6. The fourth-order valence-electron chi connectivity index (χ4n) is 4.03. The highest BCUT2D eigenvalue weighted by Gasteiger charge is 2.33. The maximum absolute atomic E-state index is 14.1. The molecule has 0 bridgehead atoms. The van der Waals surface area contributed by atoms with Crippen LogP contribution in [0.3, 0.4) is 0 Å². The second-order valence-corrected chi connectivity index (χ2v) is 8.05. The Balaban J connectivity index is 1.98. The van der Waals surface area contributed by atoms with Gasteiger partial charge in [0.05, 0.1) is 5.92 Å². The van der Waals surface area contributed by atoms with E-state index in [1.165, 1.54) is 0 Å². The SMILES string of the molecule is NCCC[C@H](C(N)=O)N(CCc1ccc(O)cc1)C(=O)C(c1ccccc1)c1ccccc1. The summed E-state index contributed by atoms with van der Waals surface area (Å²) in [5, 5.41) is 9.57. The highest BCUT2D eigenvalue weighted by molar-refractivity contribution is 5.92. The number of carbonyl (C=O) groups is 2. The largest absolute Gasteiger partial charge is 0.508 e. The Morgan fingerprint density at radius 3 is 1.88 bits per heavy atom. The summed E-state index contributed by atoms with van der Waals surface area (Å²) in [6.45, 7) is 0.725. The summed E-state index contributed by atoms with van der Waals surface area (Å²) in [6.07, 6.45) is 1.51. The molecule has 0 saturated heterocycles. The van der Waals surface area contributed by atoms with Gasteiger partial charge >= 0.3 is 0 Å². The minimum Gasteiger partial charge on any atom is -0.508 e. The summed E-state index contributed by atoms with van der Waals surface area (Å²) in [6, 6.07) is 25.2. The van der Waals surface area contributed by atoms with Gasteiger partial charge in [0.2, 0.25) is 11.8 Å². The molecule has 0 aliphatic rings. The van der Waals surface area contributed by atoms with E-state index in [2.05, 4.69) is 0 Å². The first-order chi connectivity index (χ1) is 16.0. The number of phenols is 1. The monoisotopic (exact) mass is 445 g/mol. The Hall–Kier alpha value is -3.64. The Kier molecular flexibility index (Phi) is 8.61. The highest BCUT2D eigenvalue weighted by Crippen LogP contribution is 2.28.